The summed E-state index contributed by atoms with van der Waals surface area (Å²) in [5.41, 5.74) is 11.5. The van der Waals surface area contributed by atoms with E-state index in [0.29, 0.717) is 0 Å². The number of para-hydroxylation sites is 2. The Labute approximate surface area is 327 Å². The standard InChI is InChI=1S/C52H62N2/c1-3-5-7-9-11-13-15-23-37-52(38-24-16-14-12-10-8-6-4-2)50-41-44(30-29-43-35-39-53-40-36-43)31-33-48(50)49-34-32-47(42-51(49)52)54(45-25-19-17-20-26-45)46-27-21-18-22-28-46/h17-22,25-28,31-36,39-42H,3-16,23-24,37-38H2,1-2H3. The van der Waals surface area contributed by atoms with Crippen molar-refractivity contribution >= 4 is 17.1 Å². The third kappa shape index (κ3) is 10.1. The van der Waals surface area contributed by atoms with Gasteiger partial charge in [-0.1, -0.05) is 177 Å². The van der Waals surface area contributed by atoms with Gasteiger partial charge in [-0.15, -0.1) is 0 Å². The van der Waals surface area contributed by atoms with Crippen molar-refractivity contribution in [3.05, 3.63) is 144 Å². The first-order valence-electron chi connectivity index (χ1n) is 21.3. The minimum atomic E-state index is -0.0432. The maximum absolute atomic E-state index is 4.20. The van der Waals surface area contributed by atoms with E-state index in [-0.39, 0.29) is 5.41 Å². The van der Waals surface area contributed by atoms with Crippen LogP contribution in [-0.4, -0.2) is 4.98 Å². The lowest BCUT2D eigenvalue weighted by Gasteiger charge is -2.34. The second-order valence-electron chi connectivity index (χ2n) is 15.5. The fourth-order valence-corrected chi connectivity index (χ4v) is 8.67. The van der Waals surface area contributed by atoms with Crippen LogP contribution < -0.4 is 4.90 Å². The van der Waals surface area contributed by atoms with Gasteiger partial charge in [-0.2, -0.15) is 0 Å². The van der Waals surface area contributed by atoms with Crippen LogP contribution in [0.15, 0.2) is 122 Å². The minimum Gasteiger partial charge on any atom is -0.310 e. The van der Waals surface area contributed by atoms with E-state index in [0.717, 1.165) is 11.1 Å². The van der Waals surface area contributed by atoms with Gasteiger partial charge in [-0.05, 0) is 95.8 Å². The molecule has 0 spiro atoms. The smallest absolute Gasteiger partial charge is 0.0465 e. The summed E-state index contributed by atoms with van der Waals surface area (Å²) in [5.74, 6) is 6.97. The molecule has 0 N–H and O–H groups in total. The van der Waals surface area contributed by atoms with E-state index in [9.17, 15) is 0 Å². The quantitative estimate of drug-likeness (QED) is 0.0556. The number of fused-ring (bicyclic) bond motifs is 3. The van der Waals surface area contributed by atoms with E-state index in [1.165, 1.54) is 155 Å². The molecule has 0 fully saturated rings. The van der Waals surface area contributed by atoms with E-state index >= 15 is 0 Å². The Morgan fingerprint density at radius 3 is 1.44 bits per heavy atom. The summed E-state index contributed by atoms with van der Waals surface area (Å²) in [7, 11) is 0. The molecule has 0 atom stereocenters. The first kappa shape index (κ1) is 39.1. The lowest BCUT2D eigenvalue weighted by atomic mass is 9.70. The third-order valence-electron chi connectivity index (χ3n) is 11.6. The van der Waals surface area contributed by atoms with Crippen LogP contribution in [0.3, 0.4) is 0 Å². The molecule has 280 valence electrons. The van der Waals surface area contributed by atoms with Gasteiger partial charge in [0.05, 0.1) is 0 Å². The Morgan fingerprint density at radius 2 is 0.907 bits per heavy atom. The summed E-state index contributed by atoms with van der Waals surface area (Å²) >= 11 is 0. The van der Waals surface area contributed by atoms with Crippen molar-refractivity contribution < 1.29 is 0 Å². The molecule has 0 bridgehead atoms. The molecule has 0 saturated carbocycles. The van der Waals surface area contributed by atoms with E-state index in [2.05, 4.69) is 133 Å². The molecule has 1 heterocycles. The largest absolute Gasteiger partial charge is 0.310 e. The Hall–Kier alpha value is -4.61. The Morgan fingerprint density at radius 1 is 0.444 bits per heavy atom. The number of anilines is 3. The van der Waals surface area contributed by atoms with Crippen LogP contribution >= 0.6 is 0 Å². The van der Waals surface area contributed by atoms with Crippen molar-refractivity contribution in [1.29, 1.82) is 0 Å². The van der Waals surface area contributed by atoms with E-state index in [1.807, 2.05) is 24.5 Å². The topological polar surface area (TPSA) is 16.1 Å². The molecule has 1 aliphatic rings. The minimum absolute atomic E-state index is 0.0432. The van der Waals surface area contributed by atoms with E-state index in [4.69, 9.17) is 0 Å². The second kappa shape index (κ2) is 20.7. The lowest BCUT2D eigenvalue weighted by molar-refractivity contribution is 0.397. The molecule has 0 radical (unpaired) electrons. The highest BCUT2D eigenvalue weighted by atomic mass is 15.1. The summed E-state index contributed by atoms with van der Waals surface area (Å²) < 4.78 is 0. The van der Waals surface area contributed by atoms with Crippen LogP contribution in [0.1, 0.15) is 152 Å². The predicted octanol–water partition coefficient (Wildman–Crippen LogP) is 15.3. The van der Waals surface area contributed by atoms with E-state index < -0.39 is 0 Å². The monoisotopic (exact) mass is 714 g/mol. The third-order valence-corrected chi connectivity index (χ3v) is 11.6. The SMILES string of the molecule is CCCCCCCCCCC1(CCCCCCCCCC)c2cc(C#Cc3ccncc3)ccc2-c2ccc(N(c3ccccc3)c3ccccc3)cc21. The van der Waals surface area contributed by atoms with Gasteiger partial charge in [-0.25, -0.2) is 0 Å². The van der Waals surface area contributed by atoms with Gasteiger partial charge in [0.15, 0.2) is 0 Å². The number of hydrogen-bond donors (Lipinski definition) is 0. The van der Waals surface area contributed by atoms with Gasteiger partial charge in [0.2, 0.25) is 0 Å². The predicted molar refractivity (Wildman–Crippen MR) is 232 cm³/mol. The van der Waals surface area contributed by atoms with Crippen molar-refractivity contribution in [2.24, 2.45) is 0 Å². The second-order valence-corrected chi connectivity index (χ2v) is 15.5. The highest BCUT2D eigenvalue weighted by molar-refractivity contribution is 5.86. The van der Waals surface area contributed by atoms with Crippen molar-refractivity contribution in [1.82, 2.24) is 4.98 Å². The molecule has 0 saturated heterocycles. The van der Waals surface area contributed by atoms with Crippen molar-refractivity contribution in [2.45, 2.75) is 135 Å². The number of hydrogen-bond acceptors (Lipinski definition) is 2. The normalized spacial score (nSPS) is 12.5. The number of aromatic nitrogens is 1. The van der Waals surface area contributed by atoms with E-state index in [1.54, 1.807) is 0 Å². The molecular formula is C52H62N2. The number of pyridine rings is 1. The molecular weight excluding hydrogens is 653 g/mol. The molecule has 0 aliphatic heterocycles. The zero-order chi connectivity index (χ0) is 37.3. The van der Waals surface area contributed by atoms with Gasteiger partial charge in [0.25, 0.3) is 0 Å². The molecule has 5 aromatic rings. The highest BCUT2D eigenvalue weighted by Crippen LogP contribution is 2.56. The Balaban J connectivity index is 1.39. The van der Waals surface area contributed by atoms with Gasteiger partial charge in [0, 0.05) is 46.0 Å². The molecule has 0 amide bonds. The summed E-state index contributed by atoms with van der Waals surface area (Å²) in [5, 5.41) is 0. The summed E-state index contributed by atoms with van der Waals surface area (Å²) in [6.07, 6.45) is 27.4. The Kier molecular flexibility index (Phi) is 15.0. The summed E-state index contributed by atoms with van der Waals surface area (Å²) in [6, 6.07) is 40.2. The van der Waals surface area contributed by atoms with Gasteiger partial charge in [0.1, 0.15) is 0 Å². The Bertz CT molecular complexity index is 1840. The molecule has 54 heavy (non-hydrogen) atoms. The molecule has 1 aliphatic carbocycles. The molecule has 6 rings (SSSR count). The van der Waals surface area contributed by atoms with Crippen LogP contribution in [0.4, 0.5) is 17.1 Å². The molecule has 1 aromatic heterocycles. The fourth-order valence-electron chi connectivity index (χ4n) is 8.67. The molecule has 2 heteroatoms. The van der Waals surface area contributed by atoms with Crippen LogP contribution in [0.25, 0.3) is 11.1 Å². The number of unbranched alkanes of at least 4 members (excludes halogenated alkanes) is 14. The maximum Gasteiger partial charge on any atom is 0.0465 e. The fraction of sp³-hybridized carbons (Fsp3) is 0.404. The maximum atomic E-state index is 4.20. The lowest BCUT2D eigenvalue weighted by Crippen LogP contribution is -2.26. The molecule has 4 aromatic carbocycles. The van der Waals surface area contributed by atoms with Crippen molar-refractivity contribution in [3.63, 3.8) is 0 Å². The summed E-state index contributed by atoms with van der Waals surface area (Å²) in [6.45, 7) is 4.62. The number of nitrogens with zero attached hydrogens (tertiary/aromatic N) is 2. The average Bonchev–Trinajstić information content (AvgIpc) is 3.48. The number of benzene rings is 4. The zero-order valence-corrected chi connectivity index (χ0v) is 33.2. The van der Waals surface area contributed by atoms with Crippen LogP contribution in [0, 0.1) is 11.8 Å². The molecule has 0 unspecified atom stereocenters. The zero-order valence-electron chi connectivity index (χ0n) is 33.2. The highest BCUT2D eigenvalue weighted by Gasteiger charge is 2.42. The molecule has 2 nitrogen and oxygen atoms in total. The summed E-state index contributed by atoms with van der Waals surface area (Å²) in [4.78, 5) is 6.63. The van der Waals surface area contributed by atoms with Crippen molar-refractivity contribution in [3.8, 4) is 23.0 Å². The van der Waals surface area contributed by atoms with Crippen LogP contribution in [0.2, 0.25) is 0 Å². The van der Waals surface area contributed by atoms with Crippen LogP contribution in [-0.2, 0) is 5.41 Å². The van der Waals surface area contributed by atoms with Crippen LogP contribution in [0.5, 0.6) is 0 Å². The van der Waals surface area contributed by atoms with Gasteiger partial charge in [-0.3, -0.25) is 4.98 Å². The van der Waals surface area contributed by atoms with Crippen molar-refractivity contribution in [2.75, 3.05) is 4.90 Å². The first-order valence-corrected chi connectivity index (χ1v) is 21.3. The number of rotatable bonds is 21. The first-order chi connectivity index (χ1) is 26.7. The average molecular weight is 715 g/mol. The van der Waals surface area contributed by atoms with Gasteiger partial charge < -0.3 is 4.90 Å². The van der Waals surface area contributed by atoms with Gasteiger partial charge >= 0.3 is 0 Å².